The molecule has 0 aliphatic heterocycles. The molecule has 1 saturated carbocycles. The van der Waals surface area contributed by atoms with Gasteiger partial charge in [0.25, 0.3) is 0 Å². The van der Waals surface area contributed by atoms with Gasteiger partial charge in [0, 0.05) is 19.4 Å². The minimum atomic E-state index is 0.579. The van der Waals surface area contributed by atoms with Crippen molar-refractivity contribution in [2.75, 3.05) is 0 Å². The molecule has 0 aromatic heterocycles. The lowest BCUT2D eigenvalue weighted by atomic mass is 10.4. The Bertz CT molecular complexity index is 144. The lowest BCUT2D eigenvalue weighted by molar-refractivity contribution is -0.565. The molecule has 0 aromatic carbocycles. The first-order valence-corrected chi connectivity index (χ1v) is 3.56. The Morgan fingerprint density at radius 3 is 2.22 bits per heavy atom. The first kappa shape index (κ1) is 6.57. The van der Waals surface area contributed by atoms with Crippen molar-refractivity contribution in [3.8, 4) is 0 Å². The Kier molecular flexibility index (Phi) is 1.73. The molecule has 0 saturated heterocycles. The van der Waals surface area contributed by atoms with Gasteiger partial charge in [-0.05, 0) is 13.8 Å². The van der Waals surface area contributed by atoms with Crippen LogP contribution in [0.1, 0.15) is 26.7 Å². The summed E-state index contributed by atoms with van der Waals surface area (Å²) in [6, 6.07) is 1.34. The highest BCUT2D eigenvalue weighted by atomic mass is 15.1. The fourth-order valence-corrected chi connectivity index (χ4v) is 1.09. The molecule has 0 aromatic rings. The summed E-state index contributed by atoms with van der Waals surface area (Å²) in [7, 11) is 0. The van der Waals surface area contributed by atoms with Crippen LogP contribution in [0, 0.1) is 0 Å². The summed E-state index contributed by atoms with van der Waals surface area (Å²) in [4.78, 5) is 0. The molecule has 0 spiro atoms. The summed E-state index contributed by atoms with van der Waals surface area (Å²) in [5, 5.41) is 0. The molecule has 0 amide bonds. The van der Waals surface area contributed by atoms with Gasteiger partial charge in [0.2, 0.25) is 0 Å². The van der Waals surface area contributed by atoms with E-state index in [-0.39, 0.29) is 0 Å². The molecule has 0 N–H and O–H groups in total. The Morgan fingerprint density at radius 2 is 2.11 bits per heavy atom. The summed E-state index contributed by atoms with van der Waals surface area (Å²) in [6.07, 6.45) is 2.67. The van der Waals surface area contributed by atoms with E-state index in [2.05, 4.69) is 30.9 Å². The Labute approximate surface area is 56.7 Å². The Hall–Kier alpha value is -0.550. The number of nitrogens with zero attached hydrogens (tertiary/aromatic N) is 1. The summed E-state index contributed by atoms with van der Waals surface area (Å²) < 4.78 is 2.21. The van der Waals surface area contributed by atoms with E-state index in [1.54, 1.807) is 0 Å². The van der Waals surface area contributed by atoms with E-state index in [0.29, 0.717) is 6.04 Å². The monoisotopic (exact) mass is 124 g/mol. The van der Waals surface area contributed by atoms with Crippen LogP contribution in [0.4, 0.5) is 0 Å². The highest BCUT2D eigenvalue weighted by Gasteiger charge is 2.34. The standard InChI is InChI=1S/C8H14N/c1-4-9(7(2)3)8-5-6-8/h7-8H,1,5-6H2,2-3H3/q+1. The van der Waals surface area contributed by atoms with Crippen LogP contribution < -0.4 is 0 Å². The van der Waals surface area contributed by atoms with Gasteiger partial charge < -0.3 is 0 Å². The van der Waals surface area contributed by atoms with E-state index in [9.17, 15) is 0 Å². The van der Waals surface area contributed by atoms with Crippen molar-refractivity contribution in [1.29, 1.82) is 0 Å². The van der Waals surface area contributed by atoms with Crippen LogP contribution in [0.5, 0.6) is 0 Å². The molecule has 50 valence electrons. The SMILES string of the molecule is C=C=[N+](C(C)C)C1CC1. The van der Waals surface area contributed by atoms with Gasteiger partial charge in [-0.25, -0.2) is 0 Å². The number of hydrogen-bond donors (Lipinski definition) is 0. The van der Waals surface area contributed by atoms with Gasteiger partial charge in [0.05, 0.1) is 0 Å². The van der Waals surface area contributed by atoms with E-state index in [4.69, 9.17) is 0 Å². The average molecular weight is 124 g/mol. The van der Waals surface area contributed by atoms with Crippen LogP contribution in [0.2, 0.25) is 0 Å². The molecule has 0 atom stereocenters. The molecular weight excluding hydrogens is 110 g/mol. The quantitative estimate of drug-likeness (QED) is 0.387. The molecule has 0 radical (unpaired) electrons. The molecule has 1 fully saturated rings. The van der Waals surface area contributed by atoms with E-state index >= 15 is 0 Å². The molecule has 1 aliphatic carbocycles. The molecule has 1 aliphatic rings. The largest absolute Gasteiger partial charge is 0.184 e. The molecule has 9 heavy (non-hydrogen) atoms. The predicted molar refractivity (Wildman–Crippen MR) is 39.1 cm³/mol. The highest BCUT2D eigenvalue weighted by Crippen LogP contribution is 2.23. The van der Waals surface area contributed by atoms with Crippen LogP contribution in [-0.2, 0) is 0 Å². The zero-order valence-corrected chi connectivity index (χ0v) is 6.22. The molecule has 0 heterocycles. The second-order valence-corrected chi connectivity index (χ2v) is 2.89. The normalized spacial score (nSPS) is 17.7. The third-order valence-corrected chi connectivity index (χ3v) is 1.68. The van der Waals surface area contributed by atoms with Crippen molar-refractivity contribution < 1.29 is 4.58 Å². The van der Waals surface area contributed by atoms with Crippen molar-refractivity contribution in [2.45, 2.75) is 38.8 Å². The Morgan fingerprint density at radius 1 is 1.56 bits per heavy atom. The van der Waals surface area contributed by atoms with Crippen LogP contribution in [0.25, 0.3) is 0 Å². The van der Waals surface area contributed by atoms with E-state index in [0.717, 1.165) is 6.04 Å². The fourth-order valence-electron chi connectivity index (χ4n) is 1.09. The second-order valence-electron chi connectivity index (χ2n) is 2.89. The average Bonchev–Trinajstić information content (AvgIpc) is 2.50. The van der Waals surface area contributed by atoms with Gasteiger partial charge in [-0.2, -0.15) is 4.58 Å². The zero-order valence-electron chi connectivity index (χ0n) is 6.22. The fraction of sp³-hybridized carbons (Fsp3) is 0.750. The molecule has 1 nitrogen and oxygen atoms in total. The Balaban J connectivity index is 2.59. The third-order valence-electron chi connectivity index (χ3n) is 1.68. The number of rotatable bonds is 2. The minimum absolute atomic E-state index is 0.579. The minimum Gasteiger partial charge on any atom is -0.184 e. The van der Waals surface area contributed by atoms with Crippen molar-refractivity contribution in [3.05, 3.63) is 6.58 Å². The summed E-state index contributed by atoms with van der Waals surface area (Å²) in [6.45, 7) is 8.00. The maximum absolute atomic E-state index is 3.64. The molecular formula is C8H14N+. The predicted octanol–water partition coefficient (Wildman–Crippen LogP) is 1.43. The topological polar surface area (TPSA) is 3.01 Å². The molecule has 0 bridgehead atoms. The molecule has 1 heteroatoms. The lowest BCUT2D eigenvalue weighted by Crippen LogP contribution is -2.21. The molecule has 0 unspecified atom stereocenters. The van der Waals surface area contributed by atoms with Gasteiger partial charge in [-0.1, -0.05) is 0 Å². The van der Waals surface area contributed by atoms with Crippen LogP contribution >= 0.6 is 0 Å². The van der Waals surface area contributed by atoms with E-state index in [1.807, 2.05) is 0 Å². The smallest absolute Gasteiger partial charge is 0.162 e. The third kappa shape index (κ3) is 1.43. The van der Waals surface area contributed by atoms with Gasteiger partial charge in [0.15, 0.2) is 18.0 Å². The summed E-state index contributed by atoms with van der Waals surface area (Å²) in [5.41, 5.74) is 0. The maximum atomic E-state index is 3.64. The first-order chi connectivity index (χ1) is 4.25. The molecule has 1 rings (SSSR count). The van der Waals surface area contributed by atoms with Gasteiger partial charge >= 0.3 is 0 Å². The van der Waals surface area contributed by atoms with Crippen molar-refractivity contribution in [1.82, 2.24) is 0 Å². The second kappa shape index (κ2) is 2.36. The maximum Gasteiger partial charge on any atom is 0.162 e. The van der Waals surface area contributed by atoms with Crippen LogP contribution in [0.3, 0.4) is 0 Å². The van der Waals surface area contributed by atoms with Crippen molar-refractivity contribution in [2.24, 2.45) is 0 Å². The van der Waals surface area contributed by atoms with E-state index < -0.39 is 0 Å². The van der Waals surface area contributed by atoms with Crippen molar-refractivity contribution >= 4 is 5.87 Å². The van der Waals surface area contributed by atoms with Gasteiger partial charge in [-0.15, -0.1) is 0 Å². The highest BCUT2D eigenvalue weighted by molar-refractivity contribution is 5.40. The van der Waals surface area contributed by atoms with Crippen LogP contribution in [-0.4, -0.2) is 22.5 Å². The van der Waals surface area contributed by atoms with E-state index in [1.165, 1.54) is 12.8 Å². The van der Waals surface area contributed by atoms with Crippen molar-refractivity contribution in [3.63, 3.8) is 0 Å². The lowest BCUT2D eigenvalue weighted by Gasteiger charge is -1.99. The zero-order chi connectivity index (χ0) is 6.85. The van der Waals surface area contributed by atoms with Crippen LogP contribution in [0.15, 0.2) is 6.58 Å². The first-order valence-electron chi connectivity index (χ1n) is 3.56. The summed E-state index contributed by atoms with van der Waals surface area (Å²) in [5.74, 6) is 2.95. The number of hydrogen-bond acceptors (Lipinski definition) is 0. The van der Waals surface area contributed by atoms with Gasteiger partial charge in [0.1, 0.15) is 0 Å². The van der Waals surface area contributed by atoms with Gasteiger partial charge in [-0.3, -0.25) is 0 Å². The summed E-state index contributed by atoms with van der Waals surface area (Å²) >= 11 is 0.